The van der Waals surface area contributed by atoms with Crippen molar-refractivity contribution in [1.29, 1.82) is 0 Å². The molecule has 1 saturated carbocycles. The summed E-state index contributed by atoms with van der Waals surface area (Å²) in [5.74, 6) is -0.531. The van der Waals surface area contributed by atoms with E-state index < -0.39 is 11.9 Å². The Balaban J connectivity index is 1.63. The number of carbonyl (C=O) groups is 2. The number of benzene rings is 2. The van der Waals surface area contributed by atoms with Crippen molar-refractivity contribution >= 4 is 46.2 Å². The van der Waals surface area contributed by atoms with E-state index in [-0.39, 0.29) is 17.4 Å². The van der Waals surface area contributed by atoms with Crippen LogP contribution in [0.1, 0.15) is 12.8 Å². The number of urea groups is 1. The van der Waals surface area contributed by atoms with Gasteiger partial charge < -0.3 is 5.32 Å². The zero-order valence-electron chi connectivity index (χ0n) is 15.2. The van der Waals surface area contributed by atoms with Crippen LogP contribution in [-0.4, -0.2) is 33.3 Å². The average molecular weight is 429 g/mol. The maximum Gasteiger partial charge on any atom is 0.321 e. The Morgan fingerprint density at radius 1 is 1.17 bits per heavy atom. The molecule has 2 N–H and O–H groups in total. The minimum absolute atomic E-state index is 0.0660. The molecular weight excluding hydrogens is 412 g/mol. The third kappa shape index (κ3) is 4.60. The van der Waals surface area contributed by atoms with Crippen molar-refractivity contribution in [2.45, 2.75) is 24.0 Å². The quantitative estimate of drug-likeness (QED) is 0.481. The van der Waals surface area contributed by atoms with Gasteiger partial charge in [-0.3, -0.25) is 19.5 Å². The van der Waals surface area contributed by atoms with Gasteiger partial charge in [-0.05, 0) is 43.2 Å². The number of aromatic nitrogens is 2. The highest BCUT2D eigenvalue weighted by Crippen LogP contribution is 2.23. The normalized spacial score (nSPS) is 13.3. The van der Waals surface area contributed by atoms with Gasteiger partial charge in [0.25, 0.3) is 5.56 Å². The Labute approximate surface area is 175 Å². The van der Waals surface area contributed by atoms with E-state index in [1.807, 2.05) is 0 Å². The van der Waals surface area contributed by atoms with E-state index in [0.29, 0.717) is 26.8 Å². The number of imide groups is 1. The summed E-state index contributed by atoms with van der Waals surface area (Å²) in [6, 6.07) is 13.5. The van der Waals surface area contributed by atoms with E-state index in [1.54, 1.807) is 48.5 Å². The highest BCUT2D eigenvalue weighted by molar-refractivity contribution is 7.99. The molecule has 1 heterocycles. The van der Waals surface area contributed by atoms with Crippen LogP contribution in [0.2, 0.25) is 5.02 Å². The summed E-state index contributed by atoms with van der Waals surface area (Å²) in [6.07, 6.45) is 1.87. The number of carbonyl (C=O) groups excluding carboxylic acids is 2. The summed E-state index contributed by atoms with van der Waals surface area (Å²) in [5.41, 5.74) is 0.826. The van der Waals surface area contributed by atoms with Crippen LogP contribution in [0.15, 0.2) is 58.5 Å². The first-order chi connectivity index (χ1) is 14.0. The molecular formula is C20H17ClN4O3S. The molecule has 1 aliphatic rings. The topological polar surface area (TPSA) is 93.1 Å². The lowest BCUT2D eigenvalue weighted by atomic mass is 10.2. The van der Waals surface area contributed by atoms with E-state index in [9.17, 15) is 14.4 Å². The standard InChI is InChI=1S/C20H17ClN4O3S/c21-12-4-3-5-14(10-12)25-18(27)15-6-1-2-7-16(15)23-20(25)29-11-17(26)24-19(28)22-13-8-9-13/h1-7,10,13H,8-9,11H2,(H2,22,24,26,28). The van der Waals surface area contributed by atoms with Gasteiger partial charge in [0, 0.05) is 11.1 Å². The molecule has 0 bridgehead atoms. The van der Waals surface area contributed by atoms with E-state index in [0.717, 1.165) is 24.6 Å². The Hall–Kier alpha value is -2.84. The summed E-state index contributed by atoms with van der Waals surface area (Å²) >= 11 is 7.18. The van der Waals surface area contributed by atoms with Crippen LogP contribution in [0.4, 0.5) is 4.79 Å². The minimum atomic E-state index is -0.503. The number of hydrogen-bond acceptors (Lipinski definition) is 5. The van der Waals surface area contributed by atoms with Gasteiger partial charge in [-0.25, -0.2) is 9.78 Å². The highest BCUT2D eigenvalue weighted by atomic mass is 35.5. The Morgan fingerprint density at radius 3 is 2.72 bits per heavy atom. The van der Waals surface area contributed by atoms with Gasteiger partial charge in [-0.15, -0.1) is 0 Å². The summed E-state index contributed by atoms with van der Waals surface area (Å²) in [4.78, 5) is 41.5. The van der Waals surface area contributed by atoms with Crippen LogP contribution in [-0.2, 0) is 4.79 Å². The zero-order chi connectivity index (χ0) is 20.4. The van der Waals surface area contributed by atoms with Crippen molar-refractivity contribution in [2.75, 3.05) is 5.75 Å². The molecule has 0 unspecified atom stereocenters. The molecule has 3 aromatic rings. The number of rotatable bonds is 5. The van der Waals surface area contributed by atoms with Crippen molar-refractivity contribution < 1.29 is 9.59 Å². The number of para-hydroxylation sites is 1. The maximum absolute atomic E-state index is 13.1. The lowest BCUT2D eigenvalue weighted by Crippen LogP contribution is -2.41. The summed E-state index contributed by atoms with van der Waals surface area (Å²) < 4.78 is 1.43. The molecule has 9 heteroatoms. The summed E-state index contributed by atoms with van der Waals surface area (Å²) in [5, 5.41) is 6.27. The number of nitrogens with zero attached hydrogens (tertiary/aromatic N) is 2. The monoisotopic (exact) mass is 428 g/mol. The summed E-state index contributed by atoms with van der Waals surface area (Å²) in [7, 11) is 0. The molecule has 0 atom stereocenters. The predicted molar refractivity (Wildman–Crippen MR) is 113 cm³/mol. The van der Waals surface area contributed by atoms with Crippen LogP contribution >= 0.6 is 23.4 Å². The van der Waals surface area contributed by atoms with Crippen LogP contribution in [0.5, 0.6) is 0 Å². The molecule has 0 aliphatic heterocycles. The third-order valence-corrected chi connectivity index (χ3v) is 5.48. The van der Waals surface area contributed by atoms with E-state index in [1.165, 1.54) is 4.57 Å². The molecule has 1 aromatic heterocycles. The number of thioether (sulfide) groups is 1. The smallest absolute Gasteiger partial charge is 0.321 e. The van der Waals surface area contributed by atoms with Crippen molar-refractivity contribution in [1.82, 2.24) is 20.2 Å². The molecule has 3 amide bonds. The number of amides is 3. The Morgan fingerprint density at radius 2 is 1.97 bits per heavy atom. The third-order valence-electron chi connectivity index (χ3n) is 4.31. The van der Waals surface area contributed by atoms with Gasteiger partial charge >= 0.3 is 6.03 Å². The number of nitrogens with one attached hydrogen (secondary N) is 2. The lowest BCUT2D eigenvalue weighted by molar-refractivity contribution is -0.117. The molecule has 4 rings (SSSR count). The number of hydrogen-bond donors (Lipinski definition) is 2. The van der Waals surface area contributed by atoms with Gasteiger partial charge in [0.2, 0.25) is 5.91 Å². The highest BCUT2D eigenvalue weighted by Gasteiger charge is 2.24. The first-order valence-corrected chi connectivity index (χ1v) is 10.4. The van der Waals surface area contributed by atoms with Crippen LogP contribution in [0.3, 0.4) is 0 Å². The molecule has 0 saturated heterocycles. The predicted octanol–water partition coefficient (Wildman–Crippen LogP) is 3.12. The van der Waals surface area contributed by atoms with Crippen molar-refractivity contribution in [3.63, 3.8) is 0 Å². The second-order valence-corrected chi connectivity index (χ2v) is 8.00. The first-order valence-electron chi connectivity index (χ1n) is 9.02. The SMILES string of the molecule is O=C(CSc1nc2ccccc2c(=O)n1-c1cccc(Cl)c1)NC(=O)NC1CC1. The molecule has 0 spiro atoms. The largest absolute Gasteiger partial charge is 0.335 e. The van der Waals surface area contributed by atoms with E-state index in [4.69, 9.17) is 11.6 Å². The van der Waals surface area contributed by atoms with Gasteiger partial charge in [-0.2, -0.15) is 0 Å². The second-order valence-electron chi connectivity index (χ2n) is 6.62. The zero-order valence-corrected chi connectivity index (χ0v) is 16.8. The molecule has 0 radical (unpaired) electrons. The maximum atomic E-state index is 13.1. The van der Waals surface area contributed by atoms with Crippen LogP contribution < -0.4 is 16.2 Å². The fourth-order valence-electron chi connectivity index (χ4n) is 2.79. The molecule has 148 valence electrons. The van der Waals surface area contributed by atoms with Crippen molar-refractivity contribution in [3.05, 3.63) is 63.9 Å². The number of fused-ring (bicyclic) bond motifs is 1. The van der Waals surface area contributed by atoms with Crippen LogP contribution in [0, 0.1) is 0 Å². The average Bonchev–Trinajstić information content (AvgIpc) is 3.50. The van der Waals surface area contributed by atoms with Crippen molar-refractivity contribution in [3.8, 4) is 5.69 Å². The molecule has 1 aliphatic carbocycles. The first kappa shape index (κ1) is 19.5. The van der Waals surface area contributed by atoms with Gasteiger partial charge in [0.15, 0.2) is 5.16 Å². The van der Waals surface area contributed by atoms with Crippen molar-refractivity contribution in [2.24, 2.45) is 0 Å². The Kier molecular flexibility index (Phi) is 5.55. The fourth-order valence-corrected chi connectivity index (χ4v) is 3.79. The minimum Gasteiger partial charge on any atom is -0.335 e. The van der Waals surface area contributed by atoms with Gasteiger partial charge in [0.1, 0.15) is 0 Å². The van der Waals surface area contributed by atoms with E-state index in [2.05, 4.69) is 15.6 Å². The van der Waals surface area contributed by atoms with E-state index >= 15 is 0 Å². The van der Waals surface area contributed by atoms with Crippen LogP contribution in [0.25, 0.3) is 16.6 Å². The molecule has 1 fully saturated rings. The lowest BCUT2D eigenvalue weighted by Gasteiger charge is -2.13. The Bertz CT molecular complexity index is 1160. The molecule has 2 aromatic carbocycles. The van der Waals surface area contributed by atoms with Gasteiger partial charge in [0.05, 0.1) is 22.3 Å². The molecule has 29 heavy (non-hydrogen) atoms. The second kappa shape index (κ2) is 8.26. The summed E-state index contributed by atoms with van der Waals surface area (Å²) in [6.45, 7) is 0. The molecule has 7 nitrogen and oxygen atoms in total. The number of halogens is 1. The van der Waals surface area contributed by atoms with Gasteiger partial charge in [-0.1, -0.05) is 41.6 Å². The fraction of sp³-hybridized carbons (Fsp3) is 0.200.